The van der Waals surface area contributed by atoms with Crippen molar-refractivity contribution in [2.75, 3.05) is 19.7 Å². The van der Waals surface area contributed by atoms with Crippen LogP contribution in [-0.4, -0.2) is 44.9 Å². The maximum Gasteiger partial charge on any atom is 0.350 e. The highest BCUT2D eigenvalue weighted by molar-refractivity contribution is 7.59. The van der Waals surface area contributed by atoms with E-state index in [0.717, 1.165) is 31.5 Å². The van der Waals surface area contributed by atoms with Crippen molar-refractivity contribution in [2.45, 2.75) is 44.7 Å². The zero-order chi connectivity index (χ0) is 27.4. The Morgan fingerprint density at radius 2 is 1.65 bits per heavy atom. The van der Waals surface area contributed by atoms with Crippen LogP contribution in [0.2, 0.25) is 0 Å². The molecule has 1 fully saturated rings. The molecule has 0 radical (unpaired) electrons. The van der Waals surface area contributed by atoms with Crippen LogP contribution in [0.25, 0.3) is 5.69 Å². The summed E-state index contributed by atoms with van der Waals surface area (Å²) in [5, 5.41) is 4.26. The van der Waals surface area contributed by atoms with Crippen LogP contribution in [0.3, 0.4) is 0 Å². The van der Waals surface area contributed by atoms with Crippen molar-refractivity contribution in [3.8, 4) is 5.69 Å². The fourth-order valence-corrected chi connectivity index (χ4v) is 5.46. The zero-order valence-corrected chi connectivity index (χ0v) is 23.7. The second-order valence-corrected chi connectivity index (χ2v) is 9.89. The van der Waals surface area contributed by atoms with Gasteiger partial charge in [0.2, 0.25) is 0 Å². The number of esters is 1. The van der Waals surface area contributed by atoms with E-state index in [1.165, 1.54) is 27.2 Å². The van der Waals surface area contributed by atoms with Crippen molar-refractivity contribution in [3.63, 3.8) is 0 Å². The number of halogens is 1. The molecule has 0 unspecified atom stereocenters. The van der Waals surface area contributed by atoms with Crippen LogP contribution in [0, 0.1) is 5.82 Å². The molecule has 0 amide bonds. The molecule has 0 N–H and O–H groups in total. The van der Waals surface area contributed by atoms with Crippen LogP contribution in [0.1, 0.15) is 61.4 Å². The van der Waals surface area contributed by atoms with E-state index in [2.05, 4.69) is 22.1 Å². The van der Waals surface area contributed by atoms with Gasteiger partial charge in [0, 0.05) is 5.56 Å². The third-order valence-electron chi connectivity index (χ3n) is 7.58. The van der Waals surface area contributed by atoms with Gasteiger partial charge in [-0.2, -0.15) is 18.6 Å². The van der Waals surface area contributed by atoms with E-state index in [1.807, 2.05) is 49.4 Å². The second kappa shape index (κ2) is 13.1. The molecule has 0 saturated carbocycles. The molecule has 40 heavy (non-hydrogen) atoms. The first-order valence-corrected chi connectivity index (χ1v) is 13.4. The quantitative estimate of drug-likeness (QED) is 0.270. The number of piperidine rings is 1. The lowest BCUT2D eigenvalue weighted by atomic mass is 9.88. The lowest BCUT2D eigenvalue weighted by Crippen LogP contribution is -2.40. The number of carbonyl (C=O) groups excluding carboxylic acids is 1. The van der Waals surface area contributed by atoms with Crippen LogP contribution in [-0.2, 0) is 9.53 Å². The Morgan fingerprint density at radius 1 is 1.00 bits per heavy atom. The lowest BCUT2D eigenvalue weighted by Gasteiger charge is -2.36. The van der Waals surface area contributed by atoms with Gasteiger partial charge in [0.05, 0.1) is 18.3 Å². The molecular formula is C31H35FN4O3S. The van der Waals surface area contributed by atoms with Crippen molar-refractivity contribution < 1.29 is 13.9 Å². The summed E-state index contributed by atoms with van der Waals surface area (Å²) in [6.07, 6.45) is 3.31. The molecule has 1 aromatic heterocycles. The SMILES string of the molecule is CCOC(=O)[C@H](c1ccccc1)N1CCC(c2ccc(-n3cnn([C@H](C)c4ccccc4F)c3=O)cc2)CC1.S. The molecule has 3 aromatic carbocycles. The van der Waals surface area contributed by atoms with E-state index in [1.54, 1.807) is 25.1 Å². The highest BCUT2D eigenvalue weighted by Crippen LogP contribution is 2.33. The van der Waals surface area contributed by atoms with E-state index in [0.29, 0.717) is 23.8 Å². The number of hydrogen-bond acceptors (Lipinski definition) is 5. The topological polar surface area (TPSA) is 69.4 Å². The summed E-state index contributed by atoms with van der Waals surface area (Å²) in [7, 11) is 0. The second-order valence-electron chi connectivity index (χ2n) is 9.89. The fourth-order valence-electron chi connectivity index (χ4n) is 5.46. The molecule has 1 saturated heterocycles. The molecule has 1 aliphatic rings. The first kappa shape index (κ1) is 29.3. The van der Waals surface area contributed by atoms with Gasteiger partial charge >= 0.3 is 11.7 Å². The minimum atomic E-state index is -0.529. The van der Waals surface area contributed by atoms with Crippen LogP contribution >= 0.6 is 13.5 Å². The van der Waals surface area contributed by atoms with Crippen molar-refractivity contribution in [1.82, 2.24) is 19.2 Å². The summed E-state index contributed by atoms with van der Waals surface area (Å²) in [5.41, 5.74) is 2.96. The summed E-state index contributed by atoms with van der Waals surface area (Å²) < 4.78 is 22.4. The number of ether oxygens (including phenoxy) is 1. The van der Waals surface area contributed by atoms with Crippen LogP contribution in [0.4, 0.5) is 4.39 Å². The predicted octanol–water partition coefficient (Wildman–Crippen LogP) is 5.38. The van der Waals surface area contributed by atoms with Gasteiger partial charge in [0.15, 0.2) is 0 Å². The third kappa shape index (κ3) is 6.05. The summed E-state index contributed by atoms with van der Waals surface area (Å²) in [4.78, 5) is 28.1. The van der Waals surface area contributed by atoms with Crippen LogP contribution in [0.5, 0.6) is 0 Å². The fraction of sp³-hybridized carbons (Fsp3) is 0.323. The Morgan fingerprint density at radius 3 is 2.30 bits per heavy atom. The van der Waals surface area contributed by atoms with Gasteiger partial charge < -0.3 is 4.74 Å². The lowest BCUT2D eigenvalue weighted by molar-refractivity contribution is -0.150. The molecule has 2 heterocycles. The molecule has 0 spiro atoms. The van der Waals surface area contributed by atoms with Crippen molar-refractivity contribution >= 4 is 19.5 Å². The van der Waals surface area contributed by atoms with Gasteiger partial charge in [0.1, 0.15) is 18.2 Å². The molecule has 4 aromatic rings. The van der Waals surface area contributed by atoms with Gasteiger partial charge in [-0.15, -0.1) is 0 Å². The Labute approximate surface area is 240 Å². The van der Waals surface area contributed by atoms with Gasteiger partial charge in [-0.3, -0.25) is 4.90 Å². The number of carbonyl (C=O) groups is 1. The molecule has 1 aliphatic heterocycles. The van der Waals surface area contributed by atoms with Gasteiger partial charge in [0.25, 0.3) is 0 Å². The van der Waals surface area contributed by atoms with E-state index >= 15 is 0 Å². The summed E-state index contributed by atoms with van der Waals surface area (Å²) in [5.74, 6) is -0.213. The number of hydrogen-bond donors (Lipinski definition) is 0. The first-order chi connectivity index (χ1) is 19.0. The molecule has 0 bridgehead atoms. The highest BCUT2D eigenvalue weighted by Gasteiger charge is 2.32. The Bertz CT molecular complexity index is 1460. The number of rotatable bonds is 8. The van der Waals surface area contributed by atoms with Crippen molar-refractivity contribution in [1.29, 1.82) is 0 Å². The van der Waals surface area contributed by atoms with Gasteiger partial charge in [-0.1, -0.05) is 60.7 Å². The summed E-state index contributed by atoms with van der Waals surface area (Å²) in [6.45, 7) is 5.51. The van der Waals surface area contributed by atoms with Gasteiger partial charge in [-0.05, 0) is 75.0 Å². The molecular weight excluding hydrogens is 527 g/mol. The predicted molar refractivity (Wildman–Crippen MR) is 158 cm³/mol. The van der Waals surface area contributed by atoms with E-state index in [9.17, 15) is 14.0 Å². The summed E-state index contributed by atoms with van der Waals surface area (Å²) in [6, 6.07) is 23.3. The average Bonchev–Trinajstić information content (AvgIpc) is 3.35. The molecule has 0 aliphatic carbocycles. The maximum atomic E-state index is 14.3. The minimum Gasteiger partial charge on any atom is -0.465 e. The molecule has 210 valence electrons. The van der Waals surface area contributed by atoms with E-state index in [4.69, 9.17) is 4.74 Å². The van der Waals surface area contributed by atoms with E-state index < -0.39 is 12.1 Å². The number of nitrogens with zero attached hydrogens (tertiary/aromatic N) is 4. The minimum absolute atomic E-state index is 0. The molecule has 5 rings (SSSR count). The normalized spacial score (nSPS) is 15.7. The van der Waals surface area contributed by atoms with Crippen LogP contribution in [0.15, 0.2) is 90.0 Å². The monoisotopic (exact) mass is 562 g/mol. The Balaban J connectivity index is 0.00000370. The number of likely N-dealkylation sites (tertiary alicyclic amines) is 1. The molecule has 2 atom stereocenters. The largest absolute Gasteiger partial charge is 0.465 e. The zero-order valence-electron chi connectivity index (χ0n) is 22.7. The first-order valence-electron chi connectivity index (χ1n) is 13.4. The molecule has 9 heteroatoms. The molecule has 7 nitrogen and oxygen atoms in total. The maximum absolute atomic E-state index is 14.3. The summed E-state index contributed by atoms with van der Waals surface area (Å²) >= 11 is 0. The van der Waals surface area contributed by atoms with Crippen molar-refractivity contribution in [3.05, 3.63) is 118 Å². The van der Waals surface area contributed by atoms with E-state index in [-0.39, 0.29) is 31.0 Å². The third-order valence-corrected chi connectivity index (χ3v) is 7.58. The van der Waals surface area contributed by atoms with Crippen LogP contribution < -0.4 is 5.69 Å². The standard InChI is InChI=1S/C31H33FN4O3.H2S/c1-3-39-30(37)29(25-9-5-4-6-10-25)34-19-17-24(18-20-34)23-13-15-26(16-14-23)35-21-33-36(31(35)38)22(2)27-11-7-8-12-28(27)32;/h4-16,21-22,24,29H,3,17-20H2,1-2H3;1H2/t22-,29+;/m1./s1. The number of aromatic nitrogens is 3. The smallest absolute Gasteiger partial charge is 0.350 e. The van der Waals surface area contributed by atoms with Gasteiger partial charge in [-0.25, -0.2) is 23.2 Å². The highest BCUT2D eigenvalue weighted by atomic mass is 32.1. The number of benzene rings is 3. The van der Waals surface area contributed by atoms with Crippen molar-refractivity contribution in [2.24, 2.45) is 0 Å². The Hall–Kier alpha value is -3.69. The average molecular weight is 563 g/mol. The Kier molecular flexibility index (Phi) is 9.60.